The third kappa shape index (κ3) is 6.34. The number of nitrogens with zero attached hydrogens (tertiary/aromatic N) is 1. The number of allylic oxidation sites excluding steroid dienone is 1. The molecule has 1 aliphatic heterocycles. The molecule has 4 aromatic carbocycles. The monoisotopic (exact) mass is 546 g/mol. The highest BCUT2D eigenvalue weighted by molar-refractivity contribution is 5.91. The predicted molar refractivity (Wildman–Crippen MR) is 155 cm³/mol. The first kappa shape index (κ1) is 27.4. The van der Waals surface area contributed by atoms with E-state index in [-0.39, 0.29) is 11.6 Å². The largest absolute Gasteiger partial charge is 0.494 e. The standard InChI is InChI=1S/C34H30N2O5/c1-3-16-38-26-8-5-7-25(18-26)34(37)40-28-14-15-29-31(19-28)41-33(36)30(20-35)32(29)24-6-4-9-27(17-24)39-21-23-12-10-22(2)11-13-23/h4-15,17-19,32H,3,16,21,36H2,1-2H3. The smallest absolute Gasteiger partial charge is 0.343 e. The number of nitrogens with two attached hydrogens (primary N) is 1. The maximum absolute atomic E-state index is 12.9. The number of hydrogen-bond acceptors (Lipinski definition) is 7. The first-order chi connectivity index (χ1) is 19.9. The third-order valence-corrected chi connectivity index (χ3v) is 6.66. The number of carbonyl (C=O) groups excluding carboxylic acids is 1. The molecule has 1 unspecified atom stereocenters. The highest BCUT2D eigenvalue weighted by Crippen LogP contribution is 2.44. The molecular weight excluding hydrogens is 516 g/mol. The Morgan fingerprint density at radius 1 is 0.927 bits per heavy atom. The zero-order valence-corrected chi connectivity index (χ0v) is 22.9. The minimum absolute atomic E-state index is 0.000211. The van der Waals surface area contributed by atoms with Crippen LogP contribution in [0.3, 0.4) is 0 Å². The van der Waals surface area contributed by atoms with E-state index < -0.39 is 11.9 Å². The van der Waals surface area contributed by atoms with Gasteiger partial charge in [-0.1, -0.05) is 61.0 Å². The number of carbonyl (C=O) groups is 1. The van der Waals surface area contributed by atoms with E-state index in [2.05, 4.69) is 6.07 Å². The summed E-state index contributed by atoms with van der Waals surface area (Å²) in [6, 6.07) is 29.9. The topological polar surface area (TPSA) is 104 Å². The Bertz CT molecular complexity index is 1640. The van der Waals surface area contributed by atoms with Crippen LogP contribution in [-0.2, 0) is 6.61 Å². The molecule has 0 fully saturated rings. The Labute approximate surface area is 239 Å². The van der Waals surface area contributed by atoms with Crippen molar-refractivity contribution < 1.29 is 23.7 Å². The maximum Gasteiger partial charge on any atom is 0.343 e. The molecule has 4 aromatic rings. The molecule has 1 atom stereocenters. The van der Waals surface area contributed by atoms with Crippen molar-refractivity contribution in [2.75, 3.05) is 6.61 Å². The van der Waals surface area contributed by atoms with Gasteiger partial charge >= 0.3 is 5.97 Å². The van der Waals surface area contributed by atoms with Gasteiger partial charge in [-0.25, -0.2) is 4.79 Å². The molecule has 206 valence electrons. The Hall–Kier alpha value is -5.22. The van der Waals surface area contributed by atoms with Gasteiger partial charge in [-0.05, 0) is 60.9 Å². The second-order valence-corrected chi connectivity index (χ2v) is 9.74. The van der Waals surface area contributed by atoms with Crippen LogP contribution in [0.1, 0.15) is 51.9 Å². The van der Waals surface area contributed by atoms with Crippen LogP contribution in [0.5, 0.6) is 23.0 Å². The van der Waals surface area contributed by atoms with E-state index in [9.17, 15) is 10.1 Å². The maximum atomic E-state index is 12.9. The van der Waals surface area contributed by atoms with Gasteiger partial charge in [0.05, 0.1) is 18.1 Å². The molecule has 0 spiro atoms. The van der Waals surface area contributed by atoms with Gasteiger partial charge < -0.3 is 24.7 Å². The van der Waals surface area contributed by atoms with Crippen LogP contribution in [0.15, 0.2) is 102 Å². The molecule has 0 amide bonds. The van der Waals surface area contributed by atoms with Crippen molar-refractivity contribution in [3.05, 3.63) is 130 Å². The van der Waals surface area contributed by atoms with E-state index >= 15 is 0 Å². The van der Waals surface area contributed by atoms with Crippen LogP contribution >= 0.6 is 0 Å². The molecule has 7 nitrogen and oxygen atoms in total. The first-order valence-corrected chi connectivity index (χ1v) is 13.4. The number of nitriles is 1. The van der Waals surface area contributed by atoms with Gasteiger partial charge in [0.1, 0.15) is 41.2 Å². The minimum atomic E-state index is -0.529. The summed E-state index contributed by atoms with van der Waals surface area (Å²) >= 11 is 0. The molecule has 5 rings (SSSR count). The van der Waals surface area contributed by atoms with Crippen LogP contribution in [0.2, 0.25) is 0 Å². The highest BCUT2D eigenvalue weighted by Gasteiger charge is 2.31. The molecule has 0 radical (unpaired) electrons. The van der Waals surface area contributed by atoms with Gasteiger partial charge in [0.25, 0.3) is 0 Å². The van der Waals surface area contributed by atoms with Crippen molar-refractivity contribution in [2.24, 2.45) is 5.73 Å². The molecule has 1 aliphatic rings. The van der Waals surface area contributed by atoms with Gasteiger partial charge in [0.15, 0.2) is 0 Å². The third-order valence-electron chi connectivity index (χ3n) is 6.66. The fourth-order valence-electron chi connectivity index (χ4n) is 4.58. The fraction of sp³-hybridized carbons (Fsp3) is 0.176. The van der Waals surface area contributed by atoms with Crippen molar-refractivity contribution in [1.29, 1.82) is 5.26 Å². The quantitative estimate of drug-likeness (QED) is 0.182. The normalized spacial score (nSPS) is 13.9. The lowest BCUT2D eigenvalue weighted by molar-refractivity contribution is 0.0734. The van der Waals surface area contributed by atoms with Gasteiger partial charge in [-0.15, -0.1) is 0 Å². The SMILES string of the molecule is CCCOc1cccc(C(=O)Oc2ccc3c(c2)OC(N)=C(C#N)C3c2cccc(OCc3ccc(C)cc3)c2)c1. The highest BCUT2D eigenvalue weighted by atomic mass is 16.5. The lowest BCUT2D eigenvalue weighted by Crippen LogP contribution is -2.21. The van der Waals surface area contributed by atoms with Crippen LogP contribution in [0, 0.1) is 18.3 Å². The van der Waals surface area contributed by atoms with E-state index in [4.69, 9.17) is 24.7 Å². The summed E-state index contributed by atoms with van der Waals surface area (Å²) in [5.74, 6) is 0.953. The molecule has 0 aliphatic carbocycles. The average molecular weight is 547 g/mol. The molecule has 41 heavy (non-hydrogen) atoms. The molecule has 2 N–H and O–H groups in total. The fourth-order valence-corrected chi connectivity index (χ4v) is 4.58. The summed E-state index contributed by atoms with van der Waals surface area (Å²) in [4.78, 5) is 12.9. The van der Waals surface area contributed by atoms with E-state index in [1.54, 1.807) is 42.5 Å². The zero-order valence-electron chi connectivity index (χ0n) is 22.9. The number of ether oxygens (including phenoxy) is 4. The second kappa shape index (κ2) is 12.3. The number of benzene rings is 4. The summed E-state index contributed by atoms with van der Waals surface area (Å²) in [7, 11) is 0. The molecule has 0 saturated carbocycles. The van der Waals surface area contributed by atoms with Crippen LogP contribution in [0.25, 0.3) is 0 Å². The second-order valence-electron chi connectivity index (χ2n) is 9.74. The van der Waals surface area contributed by atoms with Crippen molar-refractivity contribution in [3.8, 4) is 29.1 Å². The number of hydrogen-bond donors (Lipinski definition) is 1. The van der Waals surface area contributed by atoms with Gasteiger partial charge in [0, 0.05) is 11.6 Å². The summed E-state index contributed by atoms with van der Waals surface area (Å²) in [5, 5.41) is 9.96. The van der Waals surface area contributed by atoms with Crippen molar-refractivity contribution in [3.63, 3.8) is 0 Å². The molecule has 0 aromatic heterocycles. The molecule has 1 heterocycles. The average Bonchev–Trinajstić information content (AvgIpc) is 2.99. The Morgan fingerprint density at radius 2 is 1.68 bits per heavy atom. The van der Waals surface area contributed by atoms with E-state index in [1.807, 2.05) is 62.4 Å². The zero-order chi connectivity index (χ0) is 28.8. The minimum Gasteiger partial charge on any atom is -0.494 e. The number of aryl methyl sites for hydroxylation is 1. The lowest BCUT2D eigenvalue weighted by Gasteiger charge is -2.27. The lowest BCUT2D eigenvalue weighted by atomic mass is 9.83. The molecular formula is C34H30N2O5. The number of fused-ring (bicyclic) bond motifs is 1. The van der Waals surface area contributed by atoms with Crippen LogP contribution < -0.4 is 24.7 Å². The van der Waals surface area contributed by atoms with Gasteiger partial charge in [0.2, 0.25) is 5.88 Å². The first-order valence-electron chi connectivity index (χ1n) is 13.4. The predicted octanol–water partition coefficient (Wildman–Crippen LogP) is 6.80. The van der Waals surface area contributed by atoms with Gasteiger partial charge in [-0.3, -0.25) is 0 Å². The number of rotatable bonds is 9. The van der Waals surface area contributed by atoms with Crippen LogP contribution in [-0.4, -0.2) is 12.6 Å². The molecule has 7 heteroatoms. The Morgan fingerprint density at radius 3 is 2.44 bits per heavy atom. The summed E-state index contributed by atoms with van der Waals surface area (Å²) < 4.78 is 23.1. The summed E-state index contributed by atoms with van der Waals surface area (Å²) in [5.41, 5.74) is 10.6. The van der Waals surface area contributed by atoms with E-state index in [1.165, 1.54) is 5.56 Å². The van der Waals surface area contributed by atoms with Crippen molar-refractivity contribution in [2.45, 2.75) is 32.8 Å². The van der Waals surface area contributed by atoms with Crippen molar-refractivity contribution >= 4 is 5.97 Å². The summed E-state index contributed by atoms with van der Waals surface area (Å²) in [6.45, 7) is 5.03. The van der Waals surface area contributed by atoms with E-state index in [0.29, 0.717) is 41.6 Å². The molecule has 0 saturated heterocycles. The Balaban J connectivity index is 1.38. The number of esters is 1. The Kier molecular flexibility index (Phi) is 8.21. The van der Waals surface area contributed by atoms with Gasteiger partial charge in [-0.2, -0.15) is 5.26 Å². The molecule has 0 bridgehead atoms. The van der Waals surface area contributed by atoms with Crippen molar-refractivity contribution in [1.82, 2.24) is 0 Å². The summed E-state index contributed by atoms with van der Waals surface area (Å²) in [6.07, 6.45) is 0.862. The van der Waals surface area contributed by atoms with E-state index in [0.717, 1.165) is 23.1 Å². The van der Waals surface area contributed by atoms with Crippen LogP contribution in [0.4, 0.5) is 0 Å².